The lowest BCUT2D eigenvalue weighted by molar-refractivity contribution is -0.869. The zero-order valence-electron chi connectivity index (χ0n) is 26.1. The van der Waals surface area contributed by atoms with Gasteiger partial charge in [0.2, 0.25) is 0 Å². The van der Waals surface area contributed by atoms with Gasteiger partial charge in [-0.2, -0.15) is 0 Å². The summed E-state index contributed by atoms with van der Waals surface area (Å²) in [6.45, 7) is 22.4. The topological polar surface area (TPSA) is 39.8 Å². The van der Waals surface area contributed by atoms with E-state index in [1.165, 1.54) is 54.3 Å². The molecule has 0 amide bonds. The fourth-order valence-corrected chi connectivity index (χ4v) is 4.20. The van der Waals surface area contributed by atoms with Crippen LogP contribution >= 0.6 is 0 Å². The minimum Gasteiger partial charge on any atom is -0.354 e. The van der Waals surface area contributed by atoms with E-state index in [1.54, 1.807) is 0 Å². The second-order valence-electron chi connectivity index (χ2n) is 11.7. The Bertz CT molecular complexity index is 1060. The summed E-state index contributed by atoms with van der Waals surface area (Å²) in [4.78, 5) is 3.54. The average Bonchev–Trinajstić information content (AvgIpc) is 3.55. The molecule has 0 saturated heterocycles. The molecule has 4 heteroatoms. The molecule has 2 aromatic rings. The summed E-state index contributed by atoms with van der Waals surface area (Å²) in [7, 11) is 6.40. The highest BCUT2D eigenvalue weighted by molar-refractivity contribution is 5.81. The first-order chi connectivity index (χ1) is 17.9. The molecule has 0 radical (unpaired) electrons. The van der Waals surface area contributed by atoms with Crippen LogP contribution in [0.2, 0.25) is 0 Å². The quantitative estimate of drug-likeness (QED) is 0.114. The van der Waals surface area contributed by atoms with Crippen molar-refractivity contribution < 1.29 is 4.48 Å². The van der Waals surface area contributed by atoms with Crippen molar-refractivity contribution in [3.63, 3.8) is 0 Å². The van der Waals surface area contributed by atoms with Gasteiger partial charge in [-0.05, 0) is 116 Å². The van der Waals surface area contributed by atoms with Crippen molar-refractivity contribution in [3.05, 3.63) is 78.0 Å². The minimum atomic E-state index is 0.439. The van der Waals surface area contributed by atoms with Gasteiger partial charge in [0, 0.05) is 16.9 Å². The van der Waals surface area contributed by atoms with Gasteiger partial charge in [-0.3, -0.25) is 4.48 Å². The highest BCUT2D eigenvalue weighted by Crippen LogP contribution is 2.49. The maximum Gasteiger partial charge on any atom is 0.194 e. The van der Waals surface area contributed by atoms with Gasteiger partial charge in [0.15, 0.2) is 5.82 Å². The van der Waals surface area contributed by atoms with E-state index in [9.17, 15) is 0 Å². The van der Waals surface area contributed by atoms with E-state index >= 15 is 0 Å². The number of allylic oxidation sites excluding steroid dienone is 3. The molecule has 4 nitrogen and oxygen atoms in total. The second-order valence-corrected chi connectivity index (χ2v) is 11.7. The van der Waals surface area contributed by atoms with Crippen LogP contribution in [0.25, 0.3) is 10.9 Å². The Hall–Kier alpha value is -2.52. The fraction of sp³-hybridized carbons (Fsp3) is 0.559. The summed E-state index contributed by atoms with van der Waals surface area (Å²) < 4.78 is 0.724. The summed E-state index contributed by atoms with van der Waals surface area (Å²) in [5, 5.41) is 8.06. The number of benzene rings is 1. The third-order valence-electron chi connectivity index (χ3n) is 7.26. The Morgan fingerprint density at radius 3 is 2.39 bits per heavy atom. The van der Waals surface area contributed by atoms with Crippen molar-refractivity contribution in [2.45, 2.75) is 92.7 Å². The Morgan fingerprint density at radius 2 is 1.87 bits per heavy atom. The first-order valence-electron chi connectivity index (χ1n) is 14.4. The van der Waals surface area contributed by atoms with Crippen molar-refractivity contribution >= 4 is 10.9 Å². The third-order valence-corrected chi connectivity index (χ3v) is 7.26. The summed E-state index contributed by atoms with van der Waals surface area (Å²) in [5.41, 5.74) is 8.24. The van der Waals surface area contributed by atoms with Gasteiger partial charge in [0.1, 0.15) is 6.54 Å². The number of rotatable bonds is 12. The maximum atomic E-state index is 4.29. The van der Waals surface area contributed by atoms with E-state index in [2.05, 4.69) is 113 Å². The zero-order valence-corrected chi connectivity index (χ0v) is 26.1. The number of fused-ring (bicyclic) bond motifs is 1. The number of hydrogen-bond acceptors (Lipinski definition) is 2. The number of quaternary nitrogens is 1. The number of aromatic nitrogens is 1. The molecule has 1 aliphatic carbocycles. The SMILES string of the molecule is C=C(NC(C)CCCNC)[N+](C)(C)Cc1cc2cc(C)ccc2[nH]1.C=C=C(C)C.CC/C=C/C1(CC)CC1. The first kappa shape index (κ1) is 33.5. The van der Waals surface area contributed by atoms with Crippen LogP contribution in [-0.2, 0) is 6.54 Å². The Kier molecular flexibility index (Phi) is 14.5. The lowest BCUT2D eigenvalue weighted by atomic mass is 10.0. The van der Waals surface area contributed by atoms with Crippen molar-refractivity contribution in [2.75, 3.05) is 27.7 Å². The van der Waals surface area contributed by atoms with Gasteiger partial charge in [-0.15, -0.1) is 5.73 Å². The van der Waals surface area contributed by atoms with Gasteiger partial charge in [0.05, 0.1) is 19.8 Å². The standard InChI is InChI=1S/C20H33N4.C9H16.C5H8/c1-15-9-10-20-18(12-15)13-19(23-20)14-24(5,6)17(3)22-16(2)8-7-11-21-4;1-3-5-6-9(4-2)7-8-9;1-4-5(2)3/h9-10,12-13,16,21-23H,3,7-8,11,14H2,1-2,4-6H3;5-6H,3-4,7-8H2,1-2H3;1H2,2-3H3/q+1;;/b;6-5+;. The van der Waals surface area contributed by atoms with Crippen molar-refractivity contribution in [1.29, 1.82) is 0 Å². The van der Waals surface area contributed by atoms with Crippen molar-refractivity contribution in [1.82, 2.24) is 15.6 Å². The Balaban J connectivity index is 0.000000421. The first-order valence-corrected chi connectivity index (χ1v) is 14.4. The summed E-state index contributed by atoms with van der Waals surface area (Å²) >= 11 is 0. The molecule has 0 spiro atoms. The van der Waals surface area contributed by atoms with Crippen LogP contribution < -0.4 is 10.6 Å². The molecule has 1 heterocycles. The van der Waals surface area contributed by atoms with E-state index in [1.807, 2.05) is 20.9 Å². The monoisotopic (exact) mass is 521 g/mol. The van der Waals surface area contributed by atoms with Gasteiger partial charge >= 0.3 is 0 Å². The van der Waals surface area contributed by atoms with E-state index in [-0.39, 0.29) is 0 Å². The fourth-order valence-electron chi connectivity index (χ4n) is 4.20. The smallest absolute Gasteiger partial charge is 0.194 e. The normalized spacial score (nSPS) is 14.6. The third kappa shape index (κ3) is 12.3. The predicted molar refractivity (Wildman–Crippen MR) is 169 cm³/mol. The zero-order chi connectivity index (χ0) is 28.8. The Morgan fingerprint density at radius 1 is 1.21 bits per heavy atom. The van der Waals surface area contributed by atoms with Crippen LogP contribution in [0.5, 0.6) is 0 Å². The second kappa shape index (κ2) is 16.4. The molecule has 1 saturated carbocycles. The predicted octanol–water partition coefficient (Wildman–Crippen LogP) is 8.38. The molecule has 1 fully saturated rings. The number of hydrogen-bond donors (Lipinski definition) is 3. The number of nitrogens with zero attached hydrogens (tertiary/aromatic N) is 1. The van der Waals surface area contributed by atoms with Crippen LogP contribution in [-0.4, -0.2) is 43.2 Å². The maximum absolute atomic E-state index is 4.29. The highest BCUT2D eigenvalue weighted by atomic mass is 15.4. The molecular weight excluding hydrogens is 464 g/mol. The molecule has 212 valence electrons. The van der Waals surface area contributed by atoms with Crippen LogP contribution in [0, 0.1) is 12.3 Å². The molecule has 3 rings (SSSR count). The molecule has 0 bridgehead atoms. The van der Waals surface area contributed by atoms with E-state index < -0.39 is 0 Å². The van der Waals surface area contributed by atoms with E-state index in [4.69, 9.17) is 0 Å². The summed E-state index contributed by atoms with van der Waals surface area (Å²) in [6.07, 6.45) is 12.4. The number of aromatic amines is 1. The number of H-pyrrole nitrogens is 1. The van der Waals surface area contributed by atoms with Gasteiger partial charge in [-0.25, -0.2) is 0 Å². The lowest BCUT2D eigenvalue weighted by Gasteiger charge is -2.32. The molecule has 3 N–H and O–H groups in total. The molecule has 0 aliphatic heterocycles. The van der Waals surface area contributed by atoms with E-state index in [0.29, 0.717) is 11.5 Å². The molecule has 1 aromatic carbocycles. The molecule has 1 aliphatic rings. The largest absolute Gasteiger partial charge is 0.354 e. The number of aryl methyl sites for hydroxylation is 1. The van der Waals surface area contributed by atoms with Crippen LogP contribution in [0.4, 0.5) is 0 Å². The van der Waals surface area contributed by atoms with Crippen LogP contribution in [0.3, 0.4) is 0 Å². The molecular formula is C34H57N4+. The molecule has 1 atom stereocenters. The molecule has 38 heavy (non-hydrogen) atoms. The van der Waals surface area contributed by atoms with Crippen molar-refractivity contribution in [2.24, 2.45) is 5.41 Å². The average molecular weight is 522 g/mol. The van der Waals surface area contributed by atoms with Crippen LogP contribution in [0.1, 0.15) is 84.4 Å². The summed E-state index contributed by atoms with van der Waals surface area (Å²) in [6, 6.07) is 9.23. The van der Waals surface area contributed by atoms with Crippen LogP contribution in [0.15, 0.2) is 66.7 Å². The molecule has 1 unspecified atom stereocenters. The van der Waals surface area contributed by atoms with Gasteiger partial charge < -0.3 is 15.6 Å². The Labute approximate surface area is 234 Å². The highest BCUT2D eigenvalue weighted by Gasteiger charge is 2.37. The minimum absolute atomic E-state index is 0.439. The summed E-state index contributed by atoms with van der Waals surface area (Å²) in [5.74, 6) is 1.06. The molecule has 1 aromatic heterocycles. The van der Waals surface area contributed by atoms with Gasteiger partial charge in [0.25, 0.3) is 0 Å². The van der Waals surface area contributed by atoms with E-state index in [0.717, 1.165) is 35.4 Å². The van der Waals surface area contributed by atoms with Gasteiger partial charge in [-0.1, -0.05) is 44.2 Å². The van der Waals surface area contributed by atoms with Crippen molar-refractivity contribution in [3.8, 4) is 0 Å². The number of nitrogens with one attached hydrogen (secondary N) is 3. The lowest BCUT2D eigenvalue weighted by Crippen LogP contribution is -2.45.